The topological polar surface area (TPSA) is 72.2 Å². The maximum atomic E-state index is 12.3. The first-order valence-electron chi connectivity index (χ1n) is 6.24. The summed E-state index contributed by atoms with van der Waals surface area (Å²) in [5.41, 5.74) is 2.25. The highest BCUT2D eigenvalue weighted by molar-refractivity contribution is 7.92. The predicted molar refractivity (Wildman–Crippen MR) is 86.8 cm³/mol. The Bertz CT molecular complexity index is 902. The Morgan fingerprint density at radius 1 is 1.27 bits per heavy atom. The second-order valence-electron chi connectivity index (χ2n) is 4.60. The molecule has 0 saturated heterocycles. The molecule has 1 N–H and O–H groups in total. The molecule has 0 atom stereocenters. The quantitative estimate of drug-likeness (QED) is 0.763. The summed E-state index contributed by atoms with van der Waals surface area (Å²) in [4.78, 5) is 0.0663. The smallest absolute Gasteiger partial charge is 0.264 e. The number of rotatable bonds is 4. The predicted octanol–water partition coefficient (Wildman–Crippen LogP) is 4.17. The van der Waals surface area contributed by atoms with Gasteiger partial charge in [0.05, 0.1) is 4.90 Å². The van der Waals surface area contributed by atoms with Gasteiger partial charge in [-0.05, 0) is 36.1 Å². The van der Waals surface area contributed by atoms with Crippen LogP contribution in [0.25, 0.3) is 11.3 Å². The third kappa shape index (κ3) is 3.01. The maximum Gasteiger partial charge on any atom is 0.264 e. The standard InChI is InChI=1S/C14H11ClN2O3S2/c1-9-2-3-11(6-12(9)15)22(18,19)17-14-7-13(16-20-14)10-4-5-21-8-10/h2-8,17H,1H3. The van der Waals surface area contributed by atoms with E-state index in [1.54, 1.807) is 13.0 Å². The van der Waals surface area contributed by atoms with Crippen molar-refractivity contribution in [3.8, 4) is 11.3 Å². The van der Waals surface area contributed by atoms with E-state index in [0.717, 1.165) is 11.1 Å². The molecule has 114 valence electrons. The van der Waals surface area contributed by atoms with Gasteiger partial charge in [-0.1, -0.05) is 22.8 Å². The second kappa shape index (κ2) is 5.75. The minimum atomic E-state index is -3.77. The van der Waals surface area contributed by atoms with E-state index in [1.165, 1.54) is 29.5 Å². The number of hydrogen-bond acceptors (Lipinski definition) is 5. The number of halogens is 1. The van der Waals surface area contributed by atoms with Gasteiger partial charge >= 0.3 is 0 Å². The molecule has 2 heterocycles. The van der Waals surface area contributed by atoms with Crippen molar-refractivity contribution in [3.05, 3.63) is 51.7 Å². The van der Waals surface area contributed by atoms with Gasteiger partial charge in [0.15, 0.2) is 0 Å². The average Bonchev–Trinajstić information content (AvgIpc) is 3.11. The van der Waals surface area contributed by atoms with Crippen LogP contribution in [0.4, 0.5) is 5.88 Å². The third-order valence-electron chi connectivity index (χ3n) is 3.02. The minimum absolute atomic E-state index is 0.0536. The van der Waals surface area contributed by atoms with Crippen molar-refractivity contribution in [3.63, 3.8) is 0 Å². The van der Waals surface area contributed by atoms with Gasteiger partial charge in [0.1, 0.15) is 5.69 Å². The Morgan fingerprint density at radius 2 is 2.09 bits per heavy atom. The molecule has 0 aliphatic heterocycles. The highest BCUT2D eigenvalue weighted by Gasteiger charge is 2.18. The molecule has 0 fully saturated rings. The normalized spacial score (nSPS) is 11.5. The van der Waals surface area contributed by atoms with Crippen molar-refractivity contribution in [1.82, 2.24) is 5.16 Å². The lowest BCUT2D eigenvalue weighted by Crippen LogP contribution is -2.12. The van der Waals surface area contributed by atoms with Crippen molar-refractivity contribution >= 4 is 38.8 Å². The Hall–Kier alpha value is -1.83. The first-order chi connectivity index (χ1) is 10.5. The van der Waals surface area contributed by atoms with E-state index in [0.29, 0.717) is 10.7 Å². The SMILES string of the molecule is Cc1ccc(S(=O)(=O)Nc2cc(-c3ccsc3)no2)cc1Cl. The largest absolute Gasteiger partial charge is 0.337 e. The van der Waals surface area contributed by atoms with Crippen molar-refractivity contribution in [2.45, 2.75) is 11.8 Å². The Balaban J connectivity index is 1.87. The number of thiophene rings is 1. The van der Waals surface area contributed by atoms with Crippen LogP contribution in [-0.4, -0.2) is 13.6 Å². The number of benzene rings is 1. The highest BCUT2D eigenvalue weighted by atomic mass is 35.5. The van der Waals surface area contributed by atoms with E-state index in [1.807, 2.05) is 16.8 Å². The summed E-state index contributed by atoms with van der Waals surface area (Å²) in [6.07, 6.45) is 0. The Kier molecular flexibility index (Phi) is 3.94. The van der Waals surface area contributed by atoms with Crippen LogP contribution < -0.4 is 4.72 Å². The van der Waals surface area contributed by atoms with Crippen LogP contribution in [0.1, 0.15) is 5.56 Å². The number of aryl methyl sites for hydroxylation is 1. The second-order valence-corrected chi connectivity index (χ2v) is 7.47. The number of anilines is 1. The van der Waals surface area contributed by atoms with Gasteiger partial charge in [-0.15, -0.1) is 0 Å². The lowest BCUT2D eigenvalue weighted by atomic mass is 10.2. The van der Waals surface area contributed by atoms with Gasteiger partial charge in [-0.25, -0.2) is 13.1 Å². The molecular formula is C14H11ClN2O3S2. The third-order valence-corrected chi connectivity index (χ3v) is 5.45. The van der Waals surface area contributed by atoms with Gasteiger partial charge in [-0.2, -0.15) is 11.3 Å². The summed E-state index contributed by atoms with van der Waals surface area (Å²) >= 11 is 7.49. The number of nitrogens with one attached hydrogen (secondary N) is 1. The molecular weight excluding hydrogens is 344 g/mol. The van der Waals surface area contributed by atoms with Gasteiger partial charge in [-0.3, -0.25) is 0 Å². The molecule has 8 heteroatoms. The minimum Gasteiger partial charge on any atom is -0.337 e. The van der Waals surface area contributed by atoms with Crippen LogP contribution in [-0.2, 0) is 10.0 Å². The zero-order valence-corrected chi connectivity index (χ0v) is 13.8. The van der Waals surface area contributed by atoms with E-state index in [2.05, 4.69) is 9.88 Å². The van der Waals surface area contributed by atoms with Gasteiger partial charge < -0.3 is 4.52 Å². The molecule has 0 aliphatic carbocycles. The lowest BCUT2D eigenvalue weighted by Gasteiger charge is -2.06. The monoisotopic (exact) mass is 354 g/mol. The summed E-state index contributed by atoms with van der Waals surface area (Å²) < 4.78 is 32.0. The summed E-state index contributed by atoms with van der Waals surface area (Å²) in [5, 5.41) is 8.04. The van der Waals surface area contributed by atoms with Crippen LogP contribution in [0.3, 0.4) is 0 Å². The van der Waals surface area contributed by atoms with E-state index in [4.69, 9.17) is 16.1 Å². The Morgan fingerprint density at radius 3 is 2.77 bits per heavy atom. The number of nitrogens with zero attached hydrogens (tertiary/aromatic N) is 1. The van der Waals surface area contributed by atoms with Crippen LogP contribution >= 0.6 is 22.9 Å². The molecule has 0 aliphatic rings. The highest BCUT2D eigenvalue weighted by Crippen LogP contribution is 2.26. The summed E-state index contributed by atoms with van der Waals surface area (Å²) in [6, 6.07) is 7.94. The Labute approximate surface area is 136 Å². The molecule has 3 rings (SSSR count). The van der Waals surface area contributed by atoms with E-state index >= 15 is 0 Å². The number of sulfonamides is 1. The molecule has 0 amide bonds. The van der Waals surface area contributed by atoms with Crippen LogP contribution in [0.15, 0.2) is 50.5 Å². The molecule has 22 heavy (non-hydrogen) atoms. The fraction of sp³-hybridized carbons (Fsp3) is 0.0714. The molecule has 1 aromatic carbocycles. The molecule has 3 aromatic rings. The van der Waals surface area contributed by atoms with Crippen molar-refractivity contribution in [1.29, 1.82) is 0 Å². The van der Waals surface area contributed by atoms with Gasteiger partial charge in [0, 0.05) is 22.0 Å². The fourth-order valence-electron chi connectivity index (χ4n) is 1.80. The van der Waals surface area contributed by atoms with Crippen LogP contribution in [0.5, 0.6) is 0 Å². The summed E-state index contributed by atoms with van der Waals surface area (Å²) in [6.45, 7) is 1.80. The lowest BCUT2D eigenvalue weighted by molar-refractivity contribution is 0.438. The van der Waals surface area contributed by atoms with Crippen LogP contribution in [0, 0.1) is 6.92 Å². The number of hydrogen-bond donors (Lipinski definition) is 1. The zero-order chi connectivity index (χ0) is 15.7. The zero-order valence-electron chi connectivity index (χ0n) is 11.4. The molecule has 2 aromatic heterocycles. The first kappa shape index (κ1) is 15.1. The molecule has 0 bridgehead atoms. The van der Waals surface area contributed by atoms with E-state index in [9.17, 15) is 8.42 Å². The molecule has 5 nitrogen and oxygen atoms in total. The summed E-state index contributed by atoms with van der Waals surface area (Å²) in [5.74, 6) is 0.0536. The molecule has 0 spiro atoms. The molecule has 0 unspecified atom stereocenters. The first-order valence-corrected chi connectivity index (χ1v) is 9.04. The molecule has 0 saturated carbocycles. The summed E-state index contributed by atoms with van der Waals surface area (Å²) in [7, 11) is -3.77. The maximum absolute atomic E-state index is 12.3. The van der Waals surface area contributed by atoms with Crippen molar-refractivity contribution < 1.29 is 12.9 Å². The van der Waals surface area contributed by atoms with Crippen LogP contribution in [0.2, 0.25) is 5.02 Å². The fourth-order valence-corrected chi connectivity index (χ4v) is 3.70. The van der Waals surface area contributed by atoms with Gasteiger partial charge in [0.25, 0.3) is 10.0 Å². The van der Waals surface area contributed by atoms with Crippen molar-refractivity contribution in [2.75, 3.05) is 4.72 Å². The molecule has 0 radical (unpaired) electrons. The van der Waals surface area contributed by atoms with Gasteiger partial charge in [0.2, 0.25) is 5.88 Å². The number of aromatic nitrogens is 1. The average molecular weight is 355 g/mol. The van der Waals surface area contributed by atoms with E-state index < -0.39 is 10.0 Å². The van der Waals surface area contributed by atoms with E-state index in [-0.39, 0.29) is 10.8 Å². The van der Waals surface area contributed by atoms with Crippen molar-refractivity contribution in [2.24, 2.45) is 0 Å².